The van der Waals surface area contributed by atoms with E-state index in [4.69, 9.17) is 9.47 Å². The normalized spacial score (nSPS) is 18.6. The third-order valence-corrected chi connectivity index (χ3v) is 6.04. The summed E-state index contributed by atoms with van der Waals surface area (Å²) in [4.78, 5) is 23.4. The average Bonchev–Trinajstić information content (AvgIpc) is 3.13. The van der Waals surface area contributed by atoms with Crippen molar-refractivity contribution in [3.63, 3.8) is 0 Å². The fourth-order valence-corrected chi connectivity index (χ4v) is 4.45. The molecule has 0 spiro atoms. The largest absolute Gasteiger partial charge is 0.490 e. The van der Waals surface area contributed by atoms with Gasteiger partial charge in [0.2, 0.25) is 5.91 Å². The second-order valence-corrected chi connectivity index (χ2v) is 8.76. The van der Waals surface area contributed by atoms with Crippen LogP contribution >= 0.6 is 27.7 Å². The molecule has 0 aromatic heterocycles. The molecule has 2 N–H and O–H groups in total. The number of rotatable bonds is 8. The standard InChI is InChI=1S/C20H25BrN4O4S/c1-2-28-16-9-13(10-22-25-20-24-18(27)12-30-20)8-15(21)19(16)29-11-17(26)23-14-6-4-3-5-7-14/h8-10,14H,2-7,11-12H2,1H3,(H,23,26)(H,24,25,27). The smallest absolute Gasteiger partial charge is 0.258 e. The van der Waals surface area contributed by atoms with Crippen molar-refractivity contribution in [2.24, 2.45) is 10.2 Å². The molecule has 0 atom stereocenters. The molecule has 1 saturated heterocycles. The number of ether oxygens (including phenoxy) is 2. The van der Waals surface area contributed by atoms with Gasteiger partial charge in [-0.1, -0.05) is 31.0 Å². The van der Waals surface area contributed by atoms with Gasteiger partial charge in [0.15, 0.2) is 23.3 Å². The molecule has 1 aliphatic carbocycles. The lowest BCUT2D eigenvalue weighted by molar-refractivity contribution is -0.124. The van der Waals surface area contributed by atoms with E-state index in [-0.39, 0.29) is 24.5 Å². The van der Waals surface area contributed by atoms with E-state index in [1.165, 1.54) is 18.2 Å². The maximum atomic E-state index is 12.3. The van der Waals surface area contributed by atoms with Gasteiger partial charge in [-0.3, -0.25) is 9.59 Å². The highest BCUT2D eigenvalue weighted by atomic mass is 79.9. The molecule has 1 aromatic carbocycles. The molecule has 2 aliphatic rings. The Morgan fingerprint density at radius 3 is 2.83 bits per heavy atom. The summed E-state index contributed by atoms with van der Waals surface area (Å²) < 4.78 is 12.1. The van der Waals surface area contributed by atoms with Crippen molar-refractivity contribution in [1.82, 2.24) is 10.6 Å². The Bertz CT molecular complexity index is 840. The van der Waals surface area contributed by atoms with Crippen molar-refractivity contribution in [2.45, 2.75) is 45.1 Å². The zero-order valence-electron chi connectivity index (χ0n) is 16.8. The van der Waals surface area contributed by atoms with Crippen LogP contribution in [0.1, 0.15) is 44.6 Å². The van der Waals surface area contributed by atoms with E-state index in [2.05, 4.69) is 36.8 Å². The summed E-state index contributed by atoms with van der Waals surface area (Å²) in [7, 11) is 0. The van der Waals surface area contributed by atoms with Crippen LogP contribution in [-0.4, -0.2) is 48.2 Å². The van der Waals surface area contributed by atoms with Gasteiger partial charge in [0.05, 0.1) is 23.0 Å². The topological polar surface area (TPSA) is 101 Å². The summed E-state index contributed by atoms with van der Waals surface area (Å²) in [5.41, 5.74) is 0.739. The Hall–Kier alpha value is -2.07. The van der Waals surface area contributed by atoms with E-state index in [1.807, 2.05) is 6.92 Å². The summed E-state index contributed by atoms with van der Waals surface area (Å²) in [5, 5.41) is 14.1. The van der Waals surface area contributed by atoms with Crippen LogP contribution in [0.2, 0.25) is 0 Å². The van der Waals surface area contributed by atoms with Crippen LogP contribution in [0.25, 0.3) is 0 Å². The predicted molar refractivity (Wildman–Crippen MR) is 121 cm³/mol. The van der Waals surface area contributed by atoms with Crippen LogP contribution in [0.3, 0.4) is 0 Å². The molecule has 2 amide bonds. The van der Waals surface area contributed by atoms with Crippen LogP contribution in [0.5, 0.6) is 11.5 Å². The Morgan fingerprint density at radius 2 is 2.13 bits per heavy atom. The van der Waals surface area contributed by atoms with Crippen LogP contribution in [0, 0.1) is 0 Å². The molecular weight excluding hydrogens is 472 g/mol. The Balaban J connectivity index is 1.63. The van der Waals surface area contributed by atoms with Crippen LogP contribution in [-0.2, 0) is 9.59 Å². The number of carbonyl (C=O) groups is 2. The van der Waals surface area contributed by atoms with Gasteiger partial charge in [-0.2, -0.15) is 5.10 Å². The molecule has 8 nitrogen and oxygen atoms in total. The van der Waals surface area contributed by atoms with Crippen molar-refractivity contribution in [3.8, 4) is 11.5 Å². The fourth-order valence-electron chi connectivity index (χ4n) is 3.25. The minimum absolute atomic E-state index is 0.0762. The van der Waals surface area contributed by atoms with E-state index in [1.54, 1.807) is 18.3 Å². The Kier molecular flexibility index (Phi) is 8.56. The SMILES string of the molecule is CCOc1cc(C=NN=C2NC(=O)CS2)cc(Br)c1OCC(=O)NC1CCCCC1. The first kappa shape index (κ1) is 22.6. The Labute approximate surface area is 188 Å². The number of amides is 2. The van der Waals surface area contributed by atoms with E-state index >= 15 is 0 Å². The van der Waals surface area contributed by atoms with Gasteiger partial charge >= 0.3 is 0 Å². The number of hydrogen-bond acceptors (Lipinski definition) is 7. The highest BCUT2D eigenvalue weighted by Crippen LogP contribution is 2.36. The number of amidine groups is 1. The zero-order valence-corrected chi connectivity index (χ0v) is 19.2. The highest BCUT2D eigenvalue weighted by molar-refractivity contribution is 9.10. The van der Waals surface area contributed by atoms with Gasteiger partial charge in [-0.15, -0.1) is 5.10 Å². The maximum Gasteiger partial charge on any atom is 0.258 e. The highest BCUT2D eigenvalue weighted by Gasteiger charge is 2.18. The number of thioether (sulfide) groups is 1. The number of carbonyl (C=O) groups excluding carboxylic acids is 2. The molecule has 0 unspecified atom stereocenters. The van der Waals surface area contributed by atoms with Gasteiger partial charge in [-0.25, -0.2) is 0 Å². The van der Waals surface area contributed by atoms with Crippen LogP contribution in [0.4, 0.5) is 0 Å². The molecule has 30 heavy (non-hydrogen) atoms. The minimum Gasteiger partial charge on any atom is -0.490 e. The molecule has 0 bridgehead atoms. The van der Waals surface area contributed by atoms with Crippen molar-refractivity contribution in [2.75, 3.05) is 19.0 Å². The molecule has 1 heterocycles. The van der Waals surface area contributed by atoms with E-state index < -0.39 is 0 Å². The third-order valence-electron chi connectivity index (χ3n) is 4.59. The van der Waals surface area contributed by atoms with Crippen LogP contribution < -0.4 is 20.1 Å². The second kappa shape index (κ2) is 11.4. The van der Waals surface area contributed by atoms with Crippen molar-refractivity contribution in [1.29, 1.82) is 0 Å². The Morgan fingerprint density at radius 1 is 1.33 bits per heavy atom. The summed E-state index contributed by atoms with van der Waals surface area (Å²) in [6, 6.07) is 3.82. The molecule has 162 valence electrons. The first-order valence-electron chi connectivity index (χ1n) is 9.97. The number of benzene rings is 1. The first-order chi connectivity index (χ1) is 14.5. The number of halogens is 1. The summed E-state index contributed by atoms with van der Waals surface area (Å²) in [6.45, 7) is 2.25. The molecule has 1 aromatic rings. The van der Waals surface area contributed by atoms with Crippen LogP contribution in [0.15, 0.2) is 26.8 Å². The molecule has 2 fully saturated rings. The van der Waals surface area contributed by atoms with Gasteiger partial charge in [0.1, 0.15) is 0 Å². The van der Waals surface area contributed by atoms with Crippen molar-refractivity contribution in [3.05, 3.63) is 22.2 Å². The summed E-state index contributed by atoms with van der Waals surface area (Å²) in [5.74, 6) is 1.13. The van der Waals surface area contributed by atoms with Crippen molar-refractivity contribution < 1.29 is 19.1 Å². The van der Waals surface area contributed by atoms with Gasteiger partial charge in [-0.05, 0) is 53.4 Å². The lowest BCUT2D eigenvalue weighted by atomic mass is 9.95. The minimum atomic E-state index is -0.131. The third kappa shape index (κ3) is 6.73. The second-order valence-electron chi connectivity index (χ2n) is 6.94. The molecule has 1 aliphatic heterocycles. The maximum absolute atomic E-state index is 12.3. The molecule has 3 rings (SSSR count). The zero-order chi connectivity index (χ0) is 21.3. The number of nitrogens with one attached hydrogen (secondary N) is 2. The summed E-state index contributed by atoms with van der Waals surface area (Å²) >= 11 is 4.80. The lowest BCUT2D eigenvalue weighted by Crippen LogP contribution is -2.39. The van der Waals surface area contributed by atoms with E-state index in [9.17, 15) is 9.59 Å². The lowest BCUT2D eigenvalue weighted by Gasteiger charge is -2.23. The van der Waals surface area contributed by atoms with Gasteiger partial charge < -0.3 is 20.1 Å². The fraction of sp³-hybridized carbons (Fsp3) is 0.500. The average molecular weight is 497 g/mol. The predicted octanol–water partition coefficient (Wildman–Crippen LogP) is 3.23. The monoisotopic (exact) mass is 496 g/mol. The molecule has 1 saturated carbocycles. The van der Waals surface area contributed by atoms with E-state index in [0.29, 0.717) is 33.5 Å². The van der Waals surface area contributed by atoms with E-state index in [0.717, 1.165) is 31.2 Å². The molecular formula is C20H25BrN4O4S. The van der Waals surface area contributed by atoms with Crippen molar-refractivity contribution >= 4 is 50.9 Å². The molecule has 10 heteroatoms. The van der Waals surface area contributed by atoms with Gasteiger partial charge in [0, 0.05) is 6.04 Å². The quantitative estimate of drug-likeness (QED) is 0.424. The number of hydrogen-bond donors (Lipinski definition) is 2. The van der Waals surface area contributed by atoms with Gasteiger partial charge in [0.25, 0.3) is 5.91 Å². The summed E-state index contributed by atoms with van der Waals surface area (Å²) in [6.07, 6.45) is 7.17. The number of nitrogens with zero attached hydrogens (tertiary/aromatic N) is 2. The first-order valence-corrected chi connectivity index (χ1v) is 11.7. The molecule has 0 radical (unpaired) electrons.